The van der Waals surface area contributed by atoms with Gasteiger partial charge in [-0.25, -0.2) is 4.98 Å². The summed E-state index contributed by atoms with van der Waals surface area (Å²) in [7, 11) is 0. The molecular weight excluding hydrogens is 266 g/mol. The van der Waals surface area contributed by atoms with E-state index in [9.17, 15) is 4.79 Å². The molecular formula is C13H12ClN3O2. The predicted octanol–water partition coefficient (Wildman–Crippen LogP) is 2.18. The molecule has 0 fully saturated rings. The first kappa shape index (κ1) is 13.5. The Balaban J connectivity index is 2.23. The summed E-state index contributed by atoms with van der Waals surface area (Å²) in [6.45, 7) is 1.53. The van der Waals surface area contributed by atoms with Crippen molar-refractivity contribution in [2.45, 2.75) is 13.5 Å². The zero-order chi connectivity index (χ0) is 13.8. The van der Waals surface area contributed by atoms with Crippen LogP contribution in [0.25, 0.3) is 0 Å². The standard InChI is InChI=1S/C13H12ClN3O2/c1-8-2-3-9(6-10(8)14)17-13(19)12-11(7-18)15-4-5-16-12/h2-6,18H,7H2,1H3,(H,17,19). The van der Waals surface area contributed by atoms with Crippen LogP contribution < -0.4 is 5.32 Å². The number of anilines is 1. The van der Waals surface area contributed by atoms with Crippen LogP contribution in [-0.4, -0.2) is 21.0 Å². The maximum absolute atomic E-state index is 12.0. The van der Waals surface area contributed by atoms with Crippen molar-refractivity contribution in [1.29, 1.82) is 0 Å². The minimum Gasteiger partial charge on any atom is -0.390 e. The van der Waals surface area contributed by atoms with Crippen molar-refractivity contribution in [1.82, 2.24) is 9.97 Å². The van der Waals surface area contributed by atoms with E-state index >= 15 is 0 Å². The molecule has 2 aromatic rings. The molecule has 1 amide bonds. The summed E-state index contributed by atoms with van der Waals surface area (Å²) in [5.41, 5.74) is 1.82. The number of benzene rings is 1. The summed E-state index contributed by atoms with van der Waals surface area (Å²) in [6, 6.07) is 5.21. The van der Waals surface area contributed by atoms with Gasteiger partial charge in [-0.15, -0.1) is 0 Å². The van der Waals surface area contributed by atoms with E-state index in [-0.39, 0.29) is 18.0 Å². The maximum atomic E-state index is 12.0. The lowest BCUT2D eigenvalue weighted by Gasteiger charge is -2.08. The third-order valence-corrected chi connectivity index (χ3v) is 2.98. The molecule has 0 bridgehead atoms. The summed E-state index contributed by atoms with van der Waals surface area (Å²) in [5.74, 6) is -0.433. The predicted molar refractivity (Wildman–Crippen MR) is 72.1 cm³/mol. The van der Waals surface area contributed by atoms with Crippen LogP contribution in [-0.2, 0) is 6.61 Å². The number of hydrogen-bond acceptors (Lipinski definition) is 4. The van der Waals surface area contributed by atoms with E-state index in [0.717, 1.165) is 5.56 Å². The van der Waals surface area contributed by atoms with Crippen molar-refractivity contribution < 1.29 is 9.90 Å². The molecule has 2 rings (SSSR count). The van der Waals surface area contributed by atoms with Crippen LogP contribution in [0.4, 0.5) is 5.69 Å². The minimum atomic E-state index is -0.433. The van der Waals surface area contributed by atoms with E-state index < -0.39 is 5.91 Å². The molecule has 0 radical (unpaired) electrons. The van der Waals surface area contributed by atoms with Crippen molar-refractivity contribution in [2.75, 3.05) is 5.32 Å². The van der Waals surface area contributed by atoms with Gasteiger partial charge in [0, 0.05) is 23.1 Å². The smallest absolute Gasteiger partial charge is 0.276 e. The average molecular weight is 278 g/mol. The molecule has 2 N–H and O–H groups in total. The molecule has 1 aromatic carbocycles. The van der Waals surface area contributed by atoms with Crippen LogP contribution in [0.15, 0.2) is 30.6 Å². The molecule has 0 aliphatic heterocycles. The largest absolute Gasteiger partial charge is 0.390 e. The van der Waals surface area contributed by atoms with Crippen molar-refractivity contribution in [3.63, 3.8) is 0 Å². The van der Waals surface area contributed by atoms with Gasteiger partial charge in [-0.3, -0.25) is 9.78 Å². The number of rotatable bonds is 3. The summed E-state index contributed by atoms with van der Waals surface area (Å²) >= 11 is 5.98. The Labute approximate surface area is 115 Å². The normalized spacial score (nSPS) is 10.3. The topological polar surface area (TPSA) is 75.1 Å². The van der Waals surface area contributed by atoms with Gasteiger partial charge in [-0.05, 0) is 24.6 Å². The first-order chi connectivity index (χ1) is 9.11. The number of hydrogen-bond donors (Lipinski definition) is 2. The number of halogens is 1. The zero-order valence-corrected chi connectivity index (χ0v) is 11.0. The zero-order valence-electron chi connectivity index (χ0n) is 10.2. The molecule has 0 saturated carbocycles. The van der Waals surface area contributed by atoms with Crippen LogP contribution in [0, 0.1) is 6.92 Å². The van der Waals surface area contributed by atoms with Gasteiger partial charge < -0.3 is 10.4 Å². The van der Waals surface area contributed by atoms with E-state index in [1.807, 2.05) is 13.0 Å². The van der Waals surface area contributed by atoms with Crippen molar-refractivity contribution >= 4 is 23.2 Å². The van der Waals surface area contributed by atoms with E-state index in [1.54, 1.807) is 12.1 Å². The van der Waals surface area contributed by atoms with Gasteiger partial charge in [0.25, 0.3) is 5.91 Å². The van der Waals surface area contributed by atoms with Crippen LogP contribution in [0.3, 0.4) is 0 Å². The van der Waals surface area contributed by atoms with Gasteiger partial charge in [0.15, 0.2) is 5.69 Å². The molecule has 19 heavy (non-hydrogen) atoms. The fourth-order valence-corrected chi connectivity index (χ4v) is 1.71. The number of nitrogens with zero attached hydrogens (tertiary/aromatic N) is 2. The molecule has 6 heteroatoms. The highest BCUT2D eigenvalue weighted by Gasteiger charge is 2.13. The molecule has 0 aliphatic rings. The highest BCUT2D eigenvalue weighted by Crippen LogP contribution is 2.20. The molecule has 5 nitrogen and oxygen atoms in total. The molecule has 1 aromatic heterocycles. The van der Waals surface area contributed by atoms with Crippen LogP contribution in [0.2, 0.25) is 5.02 Å². The van der Waals surface area contributed by atoms with Gasteiger partial charge in [-0.2, -0.15) is 0 Å². The average Bonchev–Trinajstić information content (AvgIpc) is 2.43. The molecule has 1 heterocycles. The second kappa shape index (κ2) is 5.77. The summed E-state index contributed by atoms with van der Waals surface area (Å²) in [5, 5.41) is 12.3. The monoisotopic (exact) mass is 277 g/mol. The lowest BCUT2D eigenvalue weighted by Crippen LogP contribution is -2.17. The number of nitrogens with one attached hydrogen (secondary N) is 1. The Hall–Kier alpha value is -1.98. The number of amides is 1. The van der Waals surface area contributed by atoms with E-state index in [0.29, 0.717) is 10.7 Å². The molecule has 0 unspecified atom stereocenters. The Morgan fingerprint density at radius 1 is 1.37 bits per heavy atom. The Morgan fingerprint density at radius 2 is 2.11 bits per heavy atom. The first-order valence-corrected chi connectivity index (χ1v) is 5.98. The molecule has 0 atom stereocenters. The number of carbonyl (C=O) groups excluding carboxylic acids is 1. The van der Waals surface area contributed by atoms with Crippen molar-refractivity contribution in [3.05, 3.63) is 52.6 Å². The number of aliphatic hydroxyl groups is 1. The van der Waals surface area contributed by atoms with E-state index in [2.05, 4.69) is 15.3 Å². The highest BCUT2D eigenvalue weighted by molar-refractivity contribution is 6.31. The second-order valence-corrected chi connectivity index (χ2v) is 4.34. The SMILES string of the molecule is Cc1ccc(NC(=O)c2nccnc2CO)cc1Cl. The fraction of sp³-hybridized carbons (Fsp3) is 0.154. The lowest BCUT2D eigenvalue weighted by atomic mass is 10.2. The molecule has 0 saturated heterocycles. The van der Waals surface area contributed by atoms with Gasteiger partial charge in [0.2, 0.25) is 0 Å². The minimum absolute atomic E-state index is 0.0988. The van der Waals surface area contributed by atoms with Crippen molar-refractivity contribution in [2.24, 2.45) is 0 Å². The van der Waals surface area contributed by atoms with Gasteiger partial charge in [0.1, 0.15) is 0 Å². The second-order valence-electron chi connectivity index (χ2n) is 3.93. The van der Waals surface area contributed by atoms with Gasteiger partial charge in [0.05, 0.1) is 12.3 Å². The quantitative estimate of drug-likeness (QED) is 0.902. The highest BCUT2D eigenvalue weighted by atomic mass is 35.5. The summed E-state index contributed by atoms with van der Waals surface area (Å²) < 4.78 is 0. The number of aryl methyl sites for hydroxylation is 1. The third-order valence-electron chi connectivity index (χ3n) is 2.57. The number of aromatic nitrogens is 2. The van der Waals surface area contributed by atoms with Gasteiger partial charge >= 0.3 is 0 Å². The Bertz CT molecular complexity index is 617. The van der Waals surface area contributed by atoms with Crippen LogP contribution in [0.5, 0.6) is 0 Å². The van der Waals surface area contributed by atoms with E-state index in [4.69, 9.17) is 16.7 Å². The first-order valence-electron chi connectivity index (χ1n) is 5.60. The van der Waals surface area contributed by atoms with E-state index in [1.165, 1.54) is 12.4 Å². The Morgan fingerprint density at radius 3 is 2.79 bits per heavy atom. The third kappa shape index (κ3) is 3.07. The summed E-state index contributed by atoms with van der Waals surface area (Å²) in [4.78, 5) is 19.8. The lowest BCUT2D eigenvalue weighted by molar-refractivity contribution is 0.101. The maximum Gasteiger partial charge on any atom is 0.276 e. The summed E-state index contributed by atoms with van der Waals surface area (Å²) in [6.07, 6.45) is 2.82. The van der Waals surface area contributed by atoms with Crippen LogP contribution >= 0.6 is 11.6 Å². The molecule has 98 valence electrons. The number of carbonyl (C=O) groups is 1. The number of aliphatic hydroxyl groups excluding tert-OH is 1. The van der Waals surface area contributed by atoms with Crippen molar-refractivity contribution in [3.8, 4) is 0 Å². The van der Waals surface area contributed by atoms with Gasteiger partial charge in [-0.1, -0.05) is 17.7 Å². The Kier molecular flexibility index (Phi) is 4.09. The molecule has 0 aliphatic carbocycles. The fourth-order valence-electron chi connectivity index (χ4n) is 1.53. The molecule has 0 spiro atoms. The van der Waals surface area contributed by atoms with Crippen LogP contribution in [0.1, 0.15) is 21.7 Å².